The number of nitrogens with two attached hydrogens (primary N) is 1. The molecule has 0 spiro atoms. The lowest BCUT2D eigenvalue weighted by Crippen LogP contribution is -2.40. The number of hydrogen-bond donors (Lipinski definition) is 2. The van der Waals surface area contributed by atoms with Crippen molar-refractivity contribution in [3.8, 4) is 0 Å². The SMILES string of the molecule is CCC(C)C(N)C(=O)Nc1cccc(CSCCC(=O)OC)c1.Cl. The molecule has 7 heteroatoms. The van der Waals surface area contributed by atoms with E-state index < -0.39 is 6.04 Å². The van der Waals surface area contributed by atoms with Crippen molar-refractivity contribution in [3.05, 3.63) is 29.8 Å². The van der Waals surface area contributed by atoms with Crippen LogP contribution in [0, 0.1) is 5.92 Å². The molecule has 1 aromatic rings. The number of esters is 1. The van der Waals surface area contributed by atoms with Crippen LogP contribution in [0.1, 0.15) is 32.3 Å². The van der Waals surface area contributed by atoms with E-state index in [9.17, 15) is 9.59 Å². The fourth-order valence-electron chi connectivity index (χ4n) is 1.92. The number of hydrogen-bond acceptors (Lipinski definition) is 5. The van der Waals surface area contributed by atoms with Crippen molar-refractivity contribution in [2.75, 3.05) is 18.2 Å². The summed E-state index contributed by atoms with van der Waals surface area (Å²) in [6, 6.07) is 7.18. The molecule has 0 aliphatic carbocycles. The normalized spacial score (nSPS) is 12.7. The predicted molar refractivity (Wildman–Crippen MR) is 103 cm³/mol. The van der Waals surface area contributed by atoms with Gasteiger partial charge in [0.2, 0.25) is 5.91 Å². The maximum absolute atomic E-state index is 12.1. The molecule has 1 amide bonds. The van der Waals surface area contributed by atoms with Gasteiger partial charge in [-0.25, -0.2) is 0 Å². The van der Waals surface area contributed by atoms with Crippen molar-refractivity contribution in [1.82, 2.24) is 0 Å². The average molecular weight is 375 g/mol. The Hall–Kier alpha value is -1.24. The topological polar surface area (TPSA) is 81.4 Å². The highest BCUT2D eigenvalue weighted by Gasteiger charge is 2.19. The predicted octanol–water partition coefficient (Wildman–Crippen LogP) is 3.22. The van der Waals surface area contributed by atoms with E-state index >= 15 is 0 Å². The van der Waals surface area contributed by atoms with Gasteiger partial charge in [0.1, 0.15) is 0 Å². The molecule has 3 N–H and O–H groups in total. The second kappa shape index (κ2) is 12.2. The summed E-state index contributed by atoms with van der Waals surface area (Å²) in [4.78, 5) is 23.1. The van der Waals surface area contributed by atoms with E-state index in [0.29, 0.717) is 12.2 Å². The highest BCUT2D eigenvalue weighted by molar-refractivity contribution is 7.98. The van der Waals surface area contributed by atoms with Crippen molar-refractivity contribution >= 4 is 41.7 Å². The fourth-order valence-corrected chi connectivity index (χ4v) is 2.79. The fraction of sp³-hybridized carbons (Fsp3) is 0.529. The van der Waals surface area contributed by atoms with E-state index in [-0.39, 0.29) is 30.2 Å². The van der Waals surface area contributed by atoms with Gasteiger partial charge in [-0.2, -0.15) is 11.8 Å². The van der Waals surface area contributed by atoms with Crippen LogP contribution >= 0.6 is 24.2 Å². The lowest BCUT2D eigenvalue weighted by molar-refractivity contribution is -0.140. The minimum absolute atomic E-state index is 0. The van der Waals surface area contributed by atoms with Crippen molar-refractivity contribution in [3.63, 3.8) is 0 Å². The van der Waals surface area contributed by atoms with Crippen LogP contribution in [0.25, 0.3) is 0 Å². The highest BCUT2D eigenvalue weighted by Crippen LogP contribution is 2.18. The Morgan fingerprint density at radius 2 is 2.08 bits per heavy atom. The number of thioether (sulfide) groups is 1. The first kappa shape index (κ1) is 22.8. The Bertz CT molecular complexity index is 528. The Kier molecular flexibility index (Phi) is 11.5. The van der Waals surface area contributed by atoms with Crippen LogP contribution in [0.5, 0.6) is 0 Å². The van der Waals surface area contributed by atoms with Crippen LogP contribution in [0.15, 0.2) is 24.3 Å². The summed E-state index contributed by atoms with van der Waals surface area (Å²) in [5.41, 5.74) is 7.78. The van der Waals surface area contributed by atoms with Gasteiger partial charge in [-0.05, 0) is 23.6 Å². The summed E-state index contributed by atoms with van der Waals surface area (Å²) >= 11 is 1.65. The van der Waals surface area contributed by atoms with E-state index in [1.165, 1.54) is 7.11 Å². The van der Waals surface area contributed by atoms with Crippen molar-refractivity contribution in [2.45, 2.75) is 38.5 Å². The monoisotopic (exact) mass is 374 g/mol. The lowest BCUT2D eigenvalue weighted by atomic mass is 9.99. The molecule has 5 nitrogen and oxygen atoms in total. The summed E-state index contributed by atoms with van der Waals surface area (Å²) < 4.78 is 4.60. The van der Waals surface area contributed by atoms with Gasteiger partial charge in [0.25, 0.3) is 0 Å². The summed E-state index contributed by atoms with van der Waals surface area (Å²) in [6.07, 6.45) is 1.27. The number of halogens is 1. The molecule has 0 aromatic heterocycles. The summed E-state index contributed by atoms with van der Waals surface area (Å²) in [5, 5.41) is 2.87. The first-order valence-electron chi connectivity index (χ1n) is 7.77. The molecule has 24 heavy (non-hydrogen) atoms. The molecule has 0 fully saturated rings. The largest absolute Gasteiger partial charge is 0.469 e. The Labute approximate surface area is 154 Å². The van der Waals surface area contributed by atoms with E-state index in [1.807, 2.05) is 38.1 Å². The highest BCUT2D eigenvalue weighted by atomic mass is 35.5. The van der Waals surface area contributed by atoms with Gasteiger partial charge >= 0.3 is 5.97 Å². The minimum atomic E-state index is -0.502. The number of rotatable bonds is 9. The molecule has 0 saturated carbocycles. The van der Waals surface area contributed by atoms with Gasteiger partial charge in [0, 0.05) is 17.2 Å². The summed E-state index contributed by atoms with van der Waals surface area (Å²) in [7, 11) is 1.39. The summed E-state index contributed by atoms with van der Waals surface area (Å²) in [6.45, 7) is 3.99. The molecule has 1 rings (SSSR count). The molecule has 0 bridgehead atoms. The molecule has 2 atom stereocenters. The number of anilines is 1. The van der Waals surface area contributed by atoms with Gasteiger partial charge in [0.05, 0.1) is 19.6 Å². The average Bonchev–Trinajstić information content (AvgIpc) is 2.57. The van der Waals surface area contributed by atoms with Gasteiger partial charge in [-0.1, -0.05) is 32.4 Å². The van der Waals surface area contributed by atoms with E-state index in [4.69, 9.17) is 5.73 Å². The molecule has 0 radical (unpaired) electrons. The van der Waals surface area contributed by atoms with Crippen LogP contribution < -0.4 is 11.1 Å². The van der Waals surface area contributed by atoms with Gasteiger partial charge in [-0.15, -0.1) is 12.4 Å². The third-order valence-electron chi connectivity index (χ3n) is 3.70. The molecule has 0 saturated heterocycles. The molecule has 2 unspecified atom stereocenters. The molecule has 1 aromatic carbocycles. The number of amides is 1. The van der Waals surface area contributed by atoms with Crippen LogP contribution in [-0.4, -0.2) is 30.8 Å². The maximum atomic E-state index is 12.1. The Morgan fingerprint density at radius 1 is 1.38 bits per heavy atom. The number of carbonyl (C=O) groups is 2. The van der Waals surface area contributed by atoms with Gasteiger partial charge in [-0.3, -0.25) is 9.59 Å². The van der Waals surface area contributed by atoms with Crippen LogP contribution in [0.3, 0.4) is 0 Å². The number of carbonyl (C=O) groups excluding carboxylic acids is 2. The van der Waals surface area contributed by atoms with Crippen LogP contribution in [0.4, 0.5) is 5.69 Å². The van der Waals surface area contributed by atoms with E-state index in [1.54, 1.807) is 11.8 Å². The maximum Gasteiger partial charge on any atom is 0.306 e. The van der Waals surface area contributed by atoms with E-state index in [0.717, 1.165) is 23.4 Å². The first-order valence-corrected chi connectivity index (χ1v) is 8.93. The van der Waals surface area contributed by atoms with Crippen molar-refractivity contribution < 1.29 is 14.3 Å². The second-order valence-electron chi connectivity index (χ2n) is 5.48. The van der Waals surface area contributed by atoms with E-state index in [2.05, 4.69) is 10.1 Å². The third-order valence-corrected chi connectivity index (χ3v) is 4.73. The zero-order valence-corrected chi connectivity index (χ0v) is 16.0. The zero-order chi connectivity index (χ0) is 17.2. The molecule has 0 aliphatic heterocycles. The number of ether oxygens (including phenoxy) is 1. The molecule has 136 valence electrons. The Morgan fingerprint density at radius 3 is 2.71 bits per heavy atom. The zero-order valence-electron chi connectivity index (χ0n) is 14.4. The van der Waals surface area contributed by atoms with Crippen LogP contribution in [0.2, 0.25) is 0 Å². The number of nitrogens with one attached hydrogen (secondary N) is 1. The summed E-state index contributed by atoms with van der Waals surface area (Å²) in [5.74, 6) is 1.28. The second-order valence-corrected chi connectivity index (χ2v) is 6.58. The minimum Gasteiger partial charge on any atom is -0.469 e. The van der Waals surface area contributed by atoms with Crippen molar-refractivity contribution in [1.29, 1.82) is 0 Å². The lowest BCUT2D eigenvalue weighted by Gasteiger charge is -2.18. The first-order chi connectivity index (χ1) is 11.0. The molecule has 0 heterocycles. The standard InChI is InChI=1S/C17H26N2O3S.ClH/c1-4-12(2)16(18)17(21)19-14-7-5-6-13(10-14)11-23-9-8-15(20)22-3;/h5-7,10,12,16H,4,8-9,11,18H2,1-3H3,(H,19,21);1H. The molecular formula is C17H27ClN2O3S. The number of methoxy groups -OCH3 is 1. The molecule has 0 aliphatic rings. The third kappa shape index (κ3) is 8.04. The van der Waals surface area contributed by atoms with Gasteiger partial charge in [0.15, 0.2) is 0 Å². The quantitative estimate of drug-likeness (QED) is 0.512. The van der Waals surface area contributed by atoms with Crippen LogP contribution in [-0.2, 0) is 20.1 Å². The van der Waals surface area contributed by atoms with Gasteiger partial charge < -0.3 is 15.8 Å². The smallest absolute Gasteiger partial charge is 0.306 e. The molecular weight excluding hydrogens is 348 g/mol. The number of benzene rings is 1. The van der Waals surface area contributed by atoms with Crippen molar-refractivity contribution in [2.24, 2.45) is 11.7 Å². The Balaban J connectivity index is 0.00000529.